The number of fused-ring (bicyclic) bond motifs is 2. The number of carbonyl (C=O) groups excluding carboxylic acids is 1. The number of hydrogen-bond donors (Lipinski definition) is 1. The maximum atomic E-state index is 12.6. The Balaban J connectivity index is 1.48. The SMILES string of the molecule is COC1[C@@H]2OC(=O)OC2[C@H](Oc2ccc3c(O)c(N=Nc4ccccc4)c(=O)oc3c2C)OC1(C)C. The smallest absolute Gasteiger partial charge is 0.505 e. The predicted molar refractivity (Wildman–Crippen MR) is 125 cm³/mol. The van der Waals surface area contributed by atoms with Crippen molar-refractivity contribution in [3.63, 3.8) is 0 Å². The summed E-state index contributed by atoms with van der Waals surface area (Å²) in [5.74, 6) is -0.0752. The standard InChI is InChI=1S/C25H24N2O9/c1-12-15(32-23-20-19(34-24(30)35-20)21(31-4)25(2,3)36-23)11-10-14-17(28)16(22(29)33-18(12)14)27-26-13-8-6-5-7-9-13/h5-11,19-21,23,28H,1-4H3/t19-,20?,21?,23-/m1/s1. The molecule has 0 aliphatic carbocycles. The number of ether oxygens (including phenoxy) is 5. The monoisotopic (exact) mass is 496 g/mol. The largest absolute Gasteiger partial charge is 0.509 e. The fourth-order valence-electron chi connectivity index (χ4n) is 4.47. The maximum absolute atomic E-state index is 12.6. The van der Waals surface area contributed by atoms with Gasteiger partial charge in [-0.15, -0.1) is 5.11 Å². The number of methoxy groups -OCH3 is 1. The molecule has 11 nitrogen and oxygen atoms in total. The topological polar surface area (TPSA) is 138 Å². The second-order valence-electron chi connectivity index (χ2n) is 8.97. The first-order chi connectivity index (χ1) is 17.2. The van der Waals surface area contributed by atoms with Gasteiger partial charge in [-0.05, 0) is 45.0 Å². The van der Waals surface area contributed by atoms with Gasteiger partial charge in [0, 0.05) is 12.7 Å². The van der Waals surface area contributed by atoms with E-state index in [4.69, 9.17) is 28.1 Å². The second kappa shape index (κ2) is 8.92. The fourth-order valence-corrected chi connectivity index (χ4v) is 4.47. The normalized spacial score (nSPS) is 24.9. The minimum Gasteiger partial charge on any atom is -0.505 e. The highest BCUT2D eigenvalue weighted by molar-refractivity contribution is 5.90. The third kappa shape index (κ3) is 4.06. The van der Waals surface area contributed by atoms with Gasteiger partial charge < -0.3 is 33.2 Å². The first kappa shape index (κ1) is 23.8. The number of azo groups is 1. The van der Waals surface area contributed by atoms with E-state index in [1.807, 2.05) is 6.07 Å². The molecule has 4 atom stereocenters. The number of aryl methyl sites for hydroxylation is 1. The quantitative estimate of drug-likeness (QED) is 0.304. The summed E-state index contributed by atoms with van der Waals surface area (Å²) in [4.78, 5) is 24.5. The van der Waals surface area contributed by atoms with E-state index in [2.05, 4.69) is 10.2 Å². The molecule has 2 unspecified atom stereocenters. The van der Waals surface area contributed by atoms with Crippen LogP contribution in [0.2, 0.25) is 0 Å². The molecule has 0 spiro atoms. The van der Waals surface area contributed by atoms with Crippen LogP contribution in [0.5, 0.6) is 11.5 Å². The lowest BCUT2D eigenvalue weighted by atomic mass is 9.89. The summed E-state index contributed by atoms with van der Waals surface area (Å²) >= 11 is 0. The molecule has 1 N–H and O–H groups in total. The zero-order valence-electron chi connectivity index (χ0n) is 20.0. The van der Waals surface area contributed by atoms with Gasteiger partial charge in [-0.3, -0.25) is 0 Å². The molecule has 188 valence electrons. The summed E-state index contributed by atoms with van der Waals surface area (Å²) < 4.78 is 33.7. The first-order valence-corrected chi connectivity index (χ1v) is 11.2. The van der Waals surface area contributed by atoms with Crippen LogP contribution in [0.3, 0.4) is 0 Å². The zero-order chi connectivity index (χ0) is 25.6. The van der Waals surface area contributed by atoms with Gasteiger partial charge in [0.1, 0.15) is 17.4 Å². The van der Waals surface area contributed by atoms with Crippen LogP contribution in [-0.2, 0) is 18.9 Å². The average Bonchev–Trinajstić information content (AvgIpc) is 3.22. The molecule has 2 saturated heterocycles. The Bertz CT molecular complexity index is 1400. The number of benzene rings is 2. The molecular weight excluding hydrogens is 472 g/mol. The molecular formula is C25H24N2O9. The van der Waals surface area contributed by atoms with Crippen molar-refractivity contribution in [2.45, 2.75) is 51.0 Å². The van der Waals surface area contributed by atoms with Crippen molar-refractivity contribution in [3.05, 3.63) is 58.4 Å². The number of carbonyl (C=O) groups is 1. The maximum Gasteiger partial charge on any atom is 0.509 e. The van der Waals surface area contributed by atoms with Crippen LogP contribution in [-0.4, -0.2) is 48.6 Å². The van der Waals surface area contributed by atoms with Crippen LogP contribution in [0.15, 0.2) is 61.9 Å². The highest BCUT2D eigenvalue weighted by Crippen LogP contribution is 2.41. The Kier molecular flexibility index (Phi) is 5.89. The lowest BCUT2D eigenvalue weighted by molar-refractivity contribution is -0.282. The number of nitrogens with zero attached hydrogens (tertiary/aromatic N) is 2. The van der Waals surface area contributed by atoms with Crippen molar-refractivity contribution in [2.75, 3.05) is 7.11 Å². The van der Waals surface area contributed by atoms with Crippen molar-refractivity contribution < 1.29 is 38.0 Å². The highest BCUT2D eigenvalue weighted by atomic mass is 16.8. The van der Waals surface area contributed by atoms with Gasteiger partial charge in [-0.1, -0.05) is 18.2 Å². The van der Waals surface area contributed by atoms with E-state index in [0.29, 0.717) is 17.0 Å². The van der Waals surface area contributed by atoms with Gasteiger partial charge in [-0.2, -0.15) is 5.11 Å². The molecule has 2 fully saturated rings. The van der Waals surface area contributed by atoms with Gasteiger partial charge >= 0.3 is 11.8 Å². The van der Waals surface area contributed by atoms with E-state index < -0.39 is 42.0 Å². The Hall–Kier alpha value is -3.96. The molecule has 0 bridgehead atoms. The van der Waals surface area contributed by atoms with Crippen LogP contribution < -0.4 is 10.4 Å². The van der Waals surface area contributed by atoms with Crippen LogP contribution >= 0.6 is 0 Å². The molecule has 2 aromatic carbocycles. The minimum atomic E-state index is -1.03. The van der Waals surface area contributed by atoms with E-state index in [-0.39, 0.29) is 22.4 Å². The summed E-state index contributed by atoms with van der Waals surface area (Å²) in [5.41, 5.74) is -1.02. The van der Waals surface area contributed by atoms with Crippen LogP contribution in [0, 0.1) is 6.92 Å². The van der Waals surface area contributed by atoms with Crippen LogP contribution in [0.1, 0.15) is 19.4 Å². The molecule has 0 radical (unpaired) electrons. The molecule has 5 rings (SSSR count). The van der Waals surface area contributed by atoms with Gasteiger partial charge in [0.15, 0.2) is 11.9 Å². The summed E-state index contributed by atoms with van der Waals surface area (Å²) in [6.45, 7) is 5.23. The van der Waals surface area contributed by atoms with Crippen molar-refractivity contribution in [3.8, 4) is 11.5 Å². The molecule has 2 aliphatic heterocycles. The molecule has 3 aromatic rings. The van der Waals surface area contributed by atoms with E-state index in [1.165, 1.54) is 13.2 Å². The minimum absolute atomic E-state index is 0.106. The molecule has 0 amide bonds. The summed E-state index contributed by atoms with van der Waals surface area (Å²) in [6, 6.07) is 11.9. The van der Waals surface area contributed by atoms with Crippen LogP contribution in [0.25, 0.3) is 11.0 Å². The lowest BCUT2D eigenvalue weighted by Crippen LogP contribution is -2.62. The number of rotatable bonds is 5. The van der Waals surface area contributed by atoms with Crippen molar-refractivity contribution in [1.29, 1.82) is 0 Å². The Labute approximate surface area is 205 Å². The van der Waals surface area contributed by atoms with Crippen molar-refractivity contribution >= 4 is 28.5 Å². The van der Waals surface area contributed by atoms with Crippen LogP contribution in [0.4, 0.5) is 16.2 Å². The Morgan fingerprint density at radius 2 is 1.72 bits per heavy atom. The first-order valence-electron chi connectivity index (χ1n) is 11.2. The average molecular weight is 496 g/mol. The van der Waals surface area contributed by atoms with E-state index in [1.54, 1.807) is 51.1 Å². The van der Waals surface area contributed by atoms with Gasteiger partial charge in [0.2, 0.25) is 18.1 Å². The van der Waals surface area contributed by atoms with E-state index in [9.17, 15) is 14.7 Å². The lowest BCUT2D eigenvalue weighted by Gasteiger charge is -2.45. The van der Waals surface area contributed by atoms with Gasteiger partial charge in [0.05, 0.1) is 16.7 Å². The second-order valence-corrected chi connectivity index (χ2v) is 8.97. The molecule has 0 saturated carbocycles. The third-order valence-corrected chi connectivity index (χ3v) is 6.20. The van der Waals surface area contributed by atoms with Gasteiger partial charge in [0.25, 0.3) is 0 Å². The van der Waals surface area contributed by atoms with E-state index in [0.717, 1.165) is 0 Å². The summed E-state index contributed by atoms with van der Waals surface area (Å²) in [5, 5.41) is 18.9. The molecule has 1 aromatic heterocycles. The predicted octanol–water partition coefficient (Wildman–Crippen LogP) is 4.66. The highest BCUT2D eigenvalue weighted by Gasteiger charge is 2.59. The summed E-state index contributed by atoms with van der Waals surface area (Å²) in [7, 11) is 1.50. The Morgan fingerprint density at radius 3 is 2.44 bits per heavy atom. The van der Waals surface area contributed by atoms with Crippen molar-refractivity contribution in [2.24, 2.45) is 10.2 Å². The van der Waals surface area contributed by atoms with Crippen molar-refractivity contribution in [1.82, 2.24) is 0 Å². The summed E-state index contributed by atoms with van der Waals surface area (Å²) in [6.07, 6.45) is -4.07. The fraction of sp³-hybridized carbons (Fsp3) is 0.360. The number of hydrogen-bond acceptors (Lipinski definition) is 11. The number of aromatic hydroxyl groups is 1. The zero-order valence-corrected chi connectivity index (χ0v) is 20.0. The molecule has 2 aliphatic rings. The molecule has 36 heavy (non-hydrogen) atoms. The molecule has 3 heterocycles. The molecule has 11 heteroatoms. The van der Waals surface area contributed by atoms with Gasteiger partial charge in [-0.25, -0.2) is 9.59 Å². The Morgan fingerprint density at radius 1 is 1.00 bits per heavy atom. The third-order valence-electron chi connectivity index (χ3n) is 6.20. The van der Waals surface area contributed by atoms with E-state index >= 15 is 0 Å².